The summed E-state index contributed by atoms with van der Waals surface area (Å²) in [6.45, 7) is 2.57. The molecule has 1 fully saturated rings. The molecule has 170 valence electrons. The summed E-state index contributed by atoms with van der Waals surface area (Å²) in [6.07, 6.45) is 6.32. The third-order valence-electron chi connectivity index (χ3n) is 6.02. The number of nitrogens with zero attached hydrogens (tertiary/aromatic N) is 1. The Morgan fingerprint density at radius 2 is 1.94 bits per heavy atom. The quantitative estimate of drug-likeness (QED) is 0.300. The van der Waals surface area contributed by atoms with Crippen molar-refractivity contribution in [1.82, 2.24) is 15.6 Å². The minimum atomic E-state index is 0.0118. The average molecular weight is 455 g/mol. The van der Waals surface area contributed by atoms with E-state index in [-0.39, 0.29) is 11.9 Å². The van der Waals surface area contributed by atoms with Gasteiger partial charge in [0.25, 0.3) is 0 Å². The van der Waals surface area contributed by atoms with Gasteiger partial charge in [-0.3, -0.25) is 4.79 Å². The van der Waals surface area contributed by atoms with Gasteiger partial charge in [0.15, 0.2) is 0 Å². The van der Waals surface area contributed by atoms with Gasteiger partial charge in [0, 0.05) is 28.9 Å². The molecule has 2 aromatic carbocycles. The minimum Gasteiger partial charge on any atom is -0.497 e. The van der Waals surface area contributed by atoms with Gasteiger partial charge >= 0.3 is 0 Å². The number of hydrogen-bond acceptors (Lipinski definition) is 5. The van der Waals surface area contributed by atoms with E-state index >= 15 is 0 Å². The summed E-state index contributed by atoms with van der Waals surface area (Å²) < 4.78 is 5.43. The average Bonchev–Trinajstić information content (AvgIpc) is 3.34. The SMILES string of the molecule is COc1ccc2nc3cc(Cl)ccc3c(NCCCCCCNC(=O)[C@@H]3CCCN3)c2c1. The molecule has 1 aromatic heterocycles. The van der Waals surface area contributed by atoms with Crippen molar-refractivity contribution >= 4 is 45.0 Å². The van der Waals surface area contributed by atoms with E-state index in [2.05, 4.69) is 16.0 Å². The molecule has 3 N–H and O–H groups in total. The number of unbranched alkanes of at least 4 members (excludes halogenated alkanes) is 3. The zero-order valence-corrected chi connectivity index (χ0v) is 19.3. The molecule has 0 saturated carbocycles. The third kappa shape index (κ3) is 5.43. The van der Waals surface area contributed by atoms with Gasteiger partial charge in [-0.25, -0.2) is 4.98 Å². The van der Waals surface area contributed by atoms with Crippen LogP contribution in [0.15, 0.2) is 36.4 Å². The highest BCUT2D eigenvalue weighted by Gasteiger charge is 2.21. The number of fused-ring (bicyclic) bond motifs is 2. The van der Waals surface area contributed by atoms with Crippen LogP contribution < -0.4 is 20.7 Å². The first-order valence-electron chi connectivity index (χ1n) is 11.5. The van der Waals surface area contributed by atoms with E-state index in [0.29, 0.717) is 5.02 Å². The highest BCUT2D eigenvalue weighted by atomic mass is 35.5. The monoisotopic (exact) mass is 454 g/mol. The Labute approximate surface area is 194 Å². The van der Waals surface area contributed by atoms with Gasteiger partial charge in [0.2, 0.25) is 5.91 Å². The standard InChI is InChI=1S/C25H31ClN4O2/c1-32-18-9-11-21-20(16-18)24(19-10-8-17(26)15-23(19)30-21)28-12-4-2-3-5-13-29-25(31)22-7-6-14-27-22/h8-11,15-16,22,27H,2-7,12-14H2,1H3,(H,28,30)(H,29,31)/t22-/m0/s1. The van der Waals surface area contributed by atoms with Gasteiger partial charge in [-0.1, -0.05) is 24.4 Å². The lowest BCUT2D eigenvalue weighted by Crippen LogP contribution is -2.40. The van der Waals surface area contributed by atoms with Crippen molar-refractivity contribution in [1.29, 1.82) is 0 Å². The Kier molecular flexibility index (Phi) is 7.66. The topological polar surface area (TPSA) is 75.3 Å². The van der Waals surface area contributed by atoms with Crippen LogP contribution in [-0.4, -0.2) is 43.7 Å². The molecule has 2 heterocycles. The first-order valence-corrected chi connectivity index (χ1v) is 11.9. The van der Waals surface area contributed by atoms with Crippen LogP contribution >= 0.6 is 11.6 Å². The van der Waals surface area contributed by atoms with Gasteiger partial charge in [-0.15, -0.1) is 0 Å². The Bertz CT molecular complexity index is 1080. The lowest BCUT2D eigenvalue weighted by Gasteiger charge is -2.14. The van der Waals surface area contributed by atoms with E-state index in [4.69, 9.17) is 21.3 Å². The van der Waals surface area contributed by atoms with Gasteiger partial charge in [-0.05, 0) is 68.6 Å². The van der Waals surface area contributed by atoms with Crippen molar-refractivity contribution < 1.29 is 9.53 Å². The molecule has 7 heteroatoms. The van der Waals surface area contributed by atoms with Crippen LogP contribution in [0.5, 0.6) is 5.75 Å². The molecule has 0 aliphatic carbocycles. The largest absolute Gasteiger partial charge is 0.497 e. The fourth-order valence-electron chi connectivity index (χ4n) is 4.27. The van der Waals surface area contributed by atoms with Crippen LogP contribution in [0.25, 0.3) is 21.8 Å². The first-order chi connectivity index (χ1) is 15.7. The number of hydrogen-bond donors (Lipinski definition) is 3. The lowest BCUT2D eigenvalue weighted by atomic mass is 10.1. The maximum Gasteiger partial charge on any atom is 0.237 e. The molecule has 6 nitrogen and oxygen atoms in total. The Hall–Kier alpha value is -2.57. The van der Waals surface area contributed by atoms with E-state index in [1.165, 1.54) is 0 Å². The van der Waals surface area contributed by atoms with Gasteiger partial charge in [0.1, 0.15) is 5.75 Å². The summed E-state index contributed by atoms with van der Waals surface area (Å²) in [5.74, 6) is 0.960. The number of aromatic nitrogens is 1. The zero-order chi connectivity index (χ0) is 22.3. The molecule has 0 radical (unpaired) electrons. The van der Waals surface area contributed by atoms with Crippen molar-refractivity contribution in [3.8, 4) is 5.75 Å². The van der Waals surface area contributed by atoms with Crippen LogP contribution in [0.4, 0.5) is 5.69 Å². The maximum atomic E-state index is 12.0. The number of nitrogens with one attached hydrogen (secondary N) is 3. The Balaban J connectivity index is 1.31. The number of carbonyl (C=O) groups excluding carboxylic acids is 1. The third-order valence-corrected chi connectivity index (χ3v) is 6.26. The molecule has 0 unspecified atom stereocenters. The van der Waals surface area contributed by atoms with E-state index < -0.39 is 0 Å². The second kappa shape index (κ2) is 10.8. The molecular weight excluding hydrogens is 424 g/mol. The smallest absolute Gasteiger partial charge is 0.237 e. The van der Waals surface area contributed by atoms with Crippen LogP contribution in [0.2, 0.25) is 5.02 Å². The Morgan fingerprint density at radius 1 is 1.09 bits per heavy atom. The predicted molar refractivity (Wildman–Crippen MR) is 132 cm³/mol. The summed E-state index contributed by atoms with van der Waals surface area (Å²) in [5, 5.41) is 12.7. The summed E-state index contributed by atoms with van der Waals surface area (Å²) in [5.41, 5.74) is 2.86. The molecule has 1 amide bonds. The maximum absolute atomic E-state index is 12.0. The number of methoxy groups -OCH3 is 1. The summed E-state index contributed by atoms with van der Waals surface area (Å²) in [4.78, 5) is 16.8. The highest BCUT2D eigenvalue weighted by molar-refractivity contribution is 6.31. The van der Waals surface area contributed by atoms with Crippen molar-refractivity contribution in [2.24, 2.45) is 0 Å². The van der Waals surface area contributed by atoms with Crippen molar-refractivity contribution in [2.75, 3.05) is 32.1 Å². The van der Waals surface area contributed by atoms with E-state index in [1.54, 1.807) is 7.11 Å². The number of carbonyl (C=O) groups is 1. The van der Waals surface area contributed by atoms with Crippen molar-refractivity contribution in [3.63, 3.8) is 0 Å². The lowest BCUT2D eigenvalue weighted by molar-refractivity contribution is -0.122. The van der Waals surface area contributed by atoms with Gasteiger partial charge in [0.05, 0.1) is 29.9 Å². The molecule has 0 spiro atoms. The first kappa shape index (κ1) is 22.6. The number of rotatable bonds is 10. The normalized spacial score (nSPS) is 15.9. The molecule has 1 aliphatic heterocycles. The summed E-state index contributed by atoms with van der Waals surface area (Å²) in [6, 6.07) is 11.8. The molecule has 1 saturated heterocycles. The summed E-state index contributed by atoms with van der Waals surface area (Å²) in [7, 11) is 1.68. The second-order valence-electron chi connectivity index (χ2n) is 8.31. The van der Waals surface area contributed by atoms with E-state index in [1.807, 2.05) is 36.4 Å². The van der Waals surface area contributed by atoms with Crippen molar-refractivity contribution in [3.05, 3.63) is 41.4 Å². The number of halogens is 1. The highest BCUT2D eigenvalue weighted by Crippen LogP contribution is 2.34. The zero-order valence-electron chi connectivity index (χ0n) is 18.5. The molecular formula is C25H31ClN4O2. The van der Waals surface area contributed by atoms with Crippen LogP contribution in [0.1, 0.15) is 38.5 Å². The van der Waals surface area contributed by atoms with Crippen LogP contribution in [0, 0.1) is 0 Å². The second-order valence-corrected chi connectivity index (χ2v) is 8.75. The van der Waals surface area contributed by atoms with E-state index in [0.717, 1.165) is 91.4 Å². The predicted octanol–water partition coefficient (Wildman–Crippen LogP) is 4.89. The number of anilines is 1. The van der Waals surface area contributed by atoms with Crippen LogP contribution in [-0.2, 0) is 4.79 Å². The van der Waals surface area contributed by atoms with Gasteiger partial charge in [-0.2, -0.15) is 0 Å². The van der Waals surface area contributed by atoms with Crippen molar-refractivity contribution in [2.45, 2.75) is 44.6 Å². The number of pyridine rings is 1. The Morgan fingerprint density at radius 3 is 2.72 bits per heavy atom. The fraction of sp³-hybridized carbons (Fsp3) is 0.440. The summed E-state index contributed by atoms with van der Waals surface area (Å²) >= 11 is 6.20. The molecule has 0 bridgehead atoms. The molecule has 32 heavy (non-hydrogen) atoms. The van der Waals surface area contributed by atoms with E-state index in [9.17, 15) is 4.79 Å². The molecule has 1 atom stereocenters. The molecule has 3 aromatic rings. The molecule has 1 aliphatic rings. The number of amides is 1. The molecule has 4 rings (SSSR count). The van der Waals surface area contributed by atoms with Crippen LogP contribution in [0.3, 0.4) is 0 Å². The number of benzene rings is 2. The minimum absolute atomic E-state index is 0.0118. The van der Waals surface area contributed by atoms with Gasteiger partial charge < -0.3 is 20.7 Å². The number of ether oxygens (including phenoxy) is 1. The fourth-order valence-corrected chi connectivity index (χ4v) is 4.44.